The van der Waals surface area contributed by atoms with Crippen LogP contribution in [0.5, 0.6) is 0 Å². The zero-order valence-corrected chi connectivity index (χ0v) is 12.1. The third kappa shape index (κ3) is 3.71. The maximum atomic E-state index is 11.9. The molecule has 1 aromatic carbocycles. The molecule has 110 valence electrons. The predicted molar refractivity (Wildman–Crippen MR) is 75.8 cm³/mol. The lowest BCUT2D eigenvalue weighted by molar-refractivity contribution is 0.0690. The third-order valence-electron chi connectivity index (χ3n) is 2.58. The van der Waals surface area contributed by atoms with E-state index < -0.39 is 5.97 Å². The van der Waals surface area contributed by atoms with Crippen LogP contribution in [0.4, 0.5) is 0 Å². The Labute approximate surface area is 129 Å². The summed E-state index contributed by atoms with van der Waals surface area (Å²) >= 11 is 11.8. The lowest BCUT2D eigenvalue weighted by Crippen LogP contribution is -2.27. The van der Waals surface area contributed by atoms with E-state index in [1.54, 1.807) is 18.2 Å². The van der Waals surface area contributed by atoms with Crippen LogP contribution in [0, 0.1) is 0 Å². The summed E-state index contributed by atoms with van der Waals surface area (Å²) in [5, 5.41) is 18.9. The van der Waals surface area contributed by atoms with Gasteiger partial charge in [-0.3, -0.25) is 4.79 Å². The maximum absolute atomic E-state index is 11.9. The summed E-state index contributed by atoms with van der Waals surface area (Å²) in [7, 11) is 0. The Bertz CT molecular complexity index is 687. The van der Waals surface area contributed by atoms with Crippen LogP contribution in [0.2, 0.25) is 10.0 Å². The van der Waals surface area contributed by atoms with Gasteiger partial charge in [0.15, 0.2) is 5.69 Å². The topological polar surface area (TPSA) is 97.1 Å². The number of halogens is 2. The molecule has 0 atom stereocenters. The lowest BCUT2D eigenvalue weighted by atomic mass is 10.2. The molecule has 1 amide bonds. The van der Waals surface area contributed by atoms with Crippen molar-refractivity contribution in [2.75, 3.05) is 6.54 Å². The van der Waals surface area contributed by atoms with Crippen molar-refractivity contribution in [1.29, 1.82) is 0 Å². The van der Waals surface area contributed by atoms with Crippen molar-refractivity contribution >= 4 is 35.1 Å². The van der Waals surface area contributed by atoms with E-state index in [4.69, 9.17) is 28.3 Å². The quantitative estimate of drug-likeness (QED) is 0.870. The Kier molecular flexibility index (Phi) is 4.77. The minimum absolute atomic E-state index is 0.154. The van der Waals surface area contributed by atoms with E-state index >= 15 is 0 Å². The fraction of sp³-hybridized carbons (Fsp3) is 0.167. The van der Waals surface area contributed by atoms with Crippen LogP contribution in [-0.4, -0.2) is 38.5 Å². The molecule has 1 aromatic heterocycles. The van der Waals surface area contributed by atoms with Crippen molar-refractivity contribution in [2.24, 2.45) is 0 Å². The molecule has 0 fully saturated rings. The number of carboxylic acids is 1. The van der Waals surface area contributed by atoms with Gasteiger partial charge in [-0.05, 0) is 12.1 Å². The van der Waals surface area contributed by atoms with Crippen LogP contribution in [0.1, 0.15) is 20.8 Å². The van der Waals surface area contributed by atoms with E-state index in [0.29, 0.717) is 5.02 Å². The van der Waals surface area contributed by atoms with Gasteiger partial charge in [-0.2, -0.15) is 0 Å². The number of benzene rings is 1. The Morgan fingerprint density at radius 2 is 2.10 bits per heavy atom. The van der Waals surface area contributed by atoms with Gasteiger partial charge in [0.25, 0.3) is 5.91 Å². The fourth-order valence-electron chi connectivity index (χ4n) is 1.56. The second kappa shape index (κ2) is 6.55. The molecule has 0 bridgehead atoms. The number of amides is 1. The number of carbonyl (C=O) groups excluding carboxylic acids is 1. The van der Waals surface area contributed by atoms with Crippen molar-refractivity contribution in [1.82, 2.24) is 20.3 Å². The largest absolute Gasteiger partial charge is 0.476 e. The zero-order valence-electron chi connectivity index (χ0n) is 10.6. The number of hydrogen-bond acceptors (Lipinski definition) is 4. The van der Waals surface area contributed by atoms with Crippen LogP contribution in [0.25, 0.3) is 0 Å². The van der Waals surface area contributed by atoms with Crippen LogP contribution in [0.15, 0.2) is 24.4 Å². The Hall–Kier alpha value is -2.12. The normalized spacial score (nSPS) is 10.4. The minimum atomic E-state index is -1.16. The highest BCUT2D eigenvalue weighted by Gasteiger charge is 2.12. The standard InChI is InChI=1S/C12H10Cl2N4O3/c13-8-3-1-2-7(10(8)14)11(19)15-4-5-18-6-9(12(20)21)16-17-18/h1-3,6H,4-5H2,(H,15,19)(H,20,21). The van der Waals surface area contributed by atoms with Gasteiger partial charge < -0.3 is 10.4 Å². The third-order valence-corrected chi connectivity index (χ3v) is 3.40. The molecule has 0 saturated heterocycles. The molecule has 21 heavy (non-hydrogen) atoms. The smallest absolute Gasteiger partial charge is 0.358 e. The summed E-state index contributed by atoms with van der Waals surface area (Å²) in [5.41, 5.74) is 0.119. The van der Waals surface area contributed by atoms with E-state index in [9.17, 15) is 9.59 Å². The number of carbonyl (C=O) groups is 2. The van der Waals surface area contributed by atoms with E-state index in [1.807, 2.05) is 0 Å². The SMILES string of the molecule is O=C(O)c1cn(CCNC(=O)c2cccc(Cl)c2Cl)nn1. The molecule has 0 unspecified atom stereocenters. The number of nitrogens with zero attached hydrogens (tertiary/aromatic N) is 3. The second-order valence-corrected chi connectivity index (χ2v) is 4.81. The Morgan fingerprint density at radius 3 is 2.76 bits per heavy atom. The minimum Gasteiger partial charge on any atom is -0.476 e. The molecule has 0 aliphatic heterocycles. The molecule has 0 radical (unpaired) electrons. The molecule has 2 rings (SSSR count). The molecule has 9 heteroatoms. The van der Waals surface area contributed by atoms with E-state index in [0.717, 1.165) is 0 Å². The second-order valence-electron chi connectivity index (χ2n) is 4.03. The number of aromatic nitrogens is 3. The van der Waals surface area contributed by atoms with Gasteiger partial charge in [0.1, 0.15) is 0 Å². The summed E-state index contributed by atoms with van der Waals surface area (Å²) in [6.45, 7) is 0.522. The number of rotatable bonds is 5. The summed E-state index contributed by atoms with van der Waals surface area (Å²) in [5.74, 6) is -1.53. The van der Waals surface area contributed by atoms with Crippen LogP contribution in [-0.2, 0) is 6.54 Å². The first kappa shape index (κ1) is 15.3. The van der Waals surface area contributed by atoms with Crippen LogP contribution < -0.4 is 5.32 Å². The van der Waals surface area contributed by atoms with E-state index in [-0.39, 0.29) is 35.3 Å². The van der Waals surface area contributed by atoms with E-state index in [1.165, 1.54) is 10.9 Å². The number of carboxylic acid groups (broad SMARTS) is 1. The van der Waals surface area contributed by atoms with Gasteiger partial charge in [0.05, 0.1) is 28.4 Å². The first-order valence-electron chi connectivity index (χ1n) is 5.84. The van der Waals surface area contributed by atoms with Gasteiger partial charge in [0.2, 0.25) is 0 Å². The van der Waals surface area contributed by atoms with Gasteiger partial charge in [-0.1, -0.05) is 34.5 Å². The zero-order chi connectivity index (χ0) is 15.4. The molecule has 0 aliphatic carbocycles. The average molecular weight is 329 g/mol. The van der Waals surface area contributed by atoms with Crippen molar-refractivity contribution in [3.8, 4) is 0 Å². The van der Waals surface area contributed by atoms with Gasteiger partial charge >= 0.3 is 5.97 Å². The molecule has 1 heterocycles. The van der Waals surface area contributed by atoms with Crippen molar-refractivity contribution in [3.05, 3.63) is 45.7 Å². The molecule has 2 aromatic rings. The highest BCUT2D eigenvalue weighted by Crippen LogP contribution is 2.25. The Balaban J connectivity index is 1.92. The van der Waals surface area contributed by atoms with E-state index in [2.05, 4.69) is 15.6 Å². The molecular weight excluding hydrogens is 319 g/mol. The van der Waals surface area contributed by atoms with Gasteiger partial charge in [-0.25, -0.2) is 9.48 Å². The Morgan fingerprint density at radius 1 is 1.33 bits per heavy atom. The number of nitrogens with one attached hydrogen (secondary N) is 1. The van der Waals surface area contributed by atoms with Gasteiger partial charge in [0, 0.05) is 6.54 Å². The van der Waals surface area contributed by atoms with Crippen LogP contribution >= 0.6 is 23.2 Å². The maximum Gasteiger partial charge on any atom is 0.358 e. The summed E-state index contributed by atoms with van der Waals surface area (Å²) < 4.78 is 1.32. The molecular formula is C12H10Cl2N4O3. The highest BCUT2D eigenvalue weighted by molar-refractivity contribution is 6.43. The first-order chi connectivity index (χ1) is 9.99. The van der Waals surface area contributed by atoms with Crippen LogP contribution in [0.3, 0.4) is 0 Å². The lowest BCUT2D eigenvalue weighted by Gasteiger charge is -2.07. The molecule has 7 nitrogen and oxygen atoms in total. The fourth-order valence-corrected chi connectivity index (χ4v) is 1.95. The summed E-state index contributed by atoms with van der Waals surface area (Å²) in [4.78, 5) is 22.6. The number of aromatic carboxylic acids is 1. The van der Waals surface area contributed by atoms with Crippen molar-refractivity contribution in [3.63, 3.8) is 0 Å². The first-order valence-corrected chi connectivity index (χ1v) is 6.60. The van der Waals surface area contributed by atoms with Crippen molar-refractivity contribution < 1.29 is 14.7 Å². The van der Waals surface area contributed by atoms with Crippen molar-refractivity contribution in [2.45, 2.75) is 6.54 Å². The highest BCUT2D eigenvalue weighted by atomic mass is 35.5. The molecule has 2 N–H and O–H groups in total. The summed E-state index contributed by atoms with van der Waals surface area (Å²) in [6, 6.07) is 4.77. The predicted octanol–water partition coefficient (Wildman–Crippen LogP) is 1.71. The average Bonchev–Trinajstić information content (AvgIpc) is 2.91. The van der Waals surface area contributed by atoms with Gasteiger partial charge in [-0.15, -0.1) is 5.10 Å². The molecule has 0 saturated carbocycles. The molecule has 0 spiro atoms. The monoisotopic (exact) mass is 328 g/mol. The summed E-state index contributed by atoms with van der Waals surface area (Å²) in [6.07, 6.45) is 1.28. The number of hydrogen-bond donors (Lipinski definition) is 2. The molecule has 0 aliphatic rings.